The van der Waals surface area contributed by atoms with Crippen LogP contribution in [0, 0.1) is 0 Å². The topological polar surface area (TPSA) is 34.1 Å². The molecule has 1 unspecified atom stereocenters. The molecule has 1 aromatic heterocycles. The van der Waals surface area contributed by atoms with Crippen molar-refractivity contribution in [2.45, 2.75) is 18.9 Å². The lowest BCUT2D eigenvalue weighted by molar-refractivity contribution is 0.0187. The largest absolute Gasteiger partial charge is 0.375 e. The normalized spacial score (nSPS) is 20.5. The number of nitrogens with one attached hydrogen (secondary N) is 1. The Morgan fingerprint density at radius 2 is 2.44 bits per heavy atom. The molecule has 1 fully saturated rings. The van der Waals surface area contributed by atoms with E-state index in [4.69, 9.17) is 4.74 Å². The number of nitrogens with zero attached hydrogens (tertiary/aromatic N) is 1. The summed E-state index contributed by atoms with van der Waals surface area (Å²) in [6, 6.07) is 0.329. The quantitative estimate of drug-likeness (QED) is 0.817. The first-order chi connectivity index (χ1) is 8.75. The summed E-state index contributed by atoms with van der Waals surface area (Å²) in [7, 11) is 0. The van der Waals surface area contributed by atoms with Gasteiger partial charge in [0.1, 0.15) is 6.61 Å². The molecule has 0 saturated carbocycles. The van der Waals surface area contributed by atoms with Gasteiger partial charge in [-0.05, 0) is 0 Å². The summed E-state index contributed by atoms with van der Waals surface area (Å²) >= 11 is 3.50. The third-order valence-electron chi connectivity index (χ3n) is 2.55. The van der Waals surface area contributed by atoms with E-state index < -0.39 is 13.0 Å². The minimum Gasteiger partial charge on any atom is -0.375 e. The lowest BCUT2D eigenvalue weighted by Gasteiger charge is -2.21. The van der Waals surface area contributed by atoms with Crippen LogP contribution in [0.15, 0.2) is 5.38 Å². The molecular weight excluding hydrogens is 278 g/mol. The molecule has 1 N–H and O–H groups in total. The average Bonchev–Trinajstić information content (AvgIpc) is 2.84. The number of thiazole rings is 1. The third-order valence-corrected chi connectivity index (χ3v) is 4.54. The fraction of sp³-hybridized carbons (Fsp3) is 0.727. The van der Waals surface area contributed by atoms with Crippen molar-refractivity contribution in [3.05, 3.63) is 16.1 Å². The van der Waals surface area contributed by atoms with E-state index in [2.05, 4.69) is 10.3 Å². The maximum absolute atomic E-state index is 11.9. The van der Waals surface area contributed by atoms with Crippen LogP contribution in [0.4, 0.5) is 8.78 Å². The van der Waals surface area contributed by atoms with Crippen molar-refractivity contribution < 1.29 is 13.5 Å². The summed E-state index contributed by atoms with van der Waals surface area (Å²) < 4.78 is 28.6. The maximum Gasteiger partial charge on any atom is 0.261 e. The molecule has 0 spiro atoms. The summed E-state index contributed by atoms with van der Waals surface area (Å²) in [6.45, 7) is 0.836. The molecule has 0 aliphatic carbocycles. The zero-order valence-electron chi connectivity index (χ0n) is 9.90. The number of hydrogen-bond acceptors (Lipinski definition) is 5. The second kappa shape index (κ2) is 7.37. The molecule has 0 radical (unpaired) electrons. The van der Waals surface area contributed by atoms with Gasteiger partial charge in [0.05, 0.1) is 23.4 Å². The molecule has 102 valence electrons. The van der Waals surface area contributed by atoms with Gasteiger partial charge in [0.2, 0.25) is 0 Å². The predicted molar refractivity (Wildman–Crippen MR) is 70.7 cm³/mol. The number of alkyl halides is 2. The highest BCUT2D eigenvalue weighted by Gasteiger charge is 2.17. The fourth-order valence-electron chi connectivity index (χ4n) is 1.69. The molecule has 7 heteroatoms. The van der Waals surface area contributed by atoms with Crippen LogP contribution in [0.1, 0.15) is 16.7 Å². The summed E-state index contributed by atoms with van der Waals surface area (Å²) in [6.07, 6.45) is -1.78. The van der Waals surface area contributed by atoms with Crippen LogP contribution in [0.25, 0.3) is 0 Å². The molecule has 0 amide bonds. The Labute approximate surface area is 113 Å². The molecule has 2 rings (SSSR count). The van der Waals surface area contributed by atoms with E-state index in [1.165, 1.54) is 0 Å². The standard InChI is InChI=1S/C11H16F2N2OS2/c12-10(13)5-16-3-1-11-15-9(7-18-11)8-6-17-4-2-14-8/h7-8,10,14H,1-6H2. The van der Waals surface area contributed by atoms with Gasteiger partial charge in [-0.15, -0.1) is 11.3 Å². The van der Waals surface area contributed by atoms with Crippen LogP contribution in [0.2, 0.25) is 0 Å². The van der Waals surface area contributed by atoms with Crippen LogP contribution in [0.3, 0.4) is 0 Å². The van der Waals surface area contributed by atoms with Crippen LogP contribution < -0.4 is 5.32 Å². The summed E-state index contributed by atoms with van der Waals surface area (Å²) in [4.78, 5) is 4.53. The van der Waals surface area contributed by atoms with Gasteiger partial charge in [-0.3, -0.25) is 0 Å². The fourth-order valence-corrected chi connectivity index (χ4v) is 3.47. The van der Waals surface area contributed by atoms with Gasteiger partial charge in [-0.1, -0.05) is 0 Å². The van der Waals surface area contributed by atoms with Crippen LogP contribution >= 0.6 is 23.1 Å². The summed E-state index contributed by atoms with van der Waals surface area (Å²) in [5.41, 5.74) is 1.07. The zero-order chi connectivity index (χ0) is 12.8. The summed E-state index contributed by atoms with van der Waals surface area (Å²) in [5, 5.41) is 6.43. The minimum absolute atomic E-state index is 0.310. The van der Waals surface area contributed by atoms with E-state index >= 15 is 0 Å². The van der Waals surface area contributed by atoms with Gasteiger partial charge in [-0.25, -0.2) is 13.8 Å². The number of halogens is 2. The first-order valence-corrected chi connectivity index (χ1v) is 7.90. The number of ether oxygens (including phenoxy) is 1. The van der Waals surface area contributed by atoms with Crippen LogP contribution in [-0.4, -0.2) is 42.7 Å². The molecule has 1 aromatic rings. The molecule has 1 aliphatic heterocycles. The van der Waals surface area contributed by atoms with E-state index in [0.29, 0.717) is 19.1 Å². The SMILES string of the molecule is FC(F)COCCc1nc(C2CSCCN2)cs1. The van der Waals surface area contributed by atoms with Gasteiger partial charge in [0.15, 0.2) is 0 Å². The third kappa shape index (κ3) is 4.46. The van der Waals surface area contributed by atoms with Crippen molar-refractivity contribution in [2.75, 3.05) is 31.3 Å². The first kappa shape index (κ1) is 14.2. The number of aromatic nitrogens is 1. The van der Waals surface area contributed by atoms with Gasteiger partial charge in [0.25, 0.3) is 6.43 Å². The minimum atomic E-state index is -2.39. The Kier molecular flexibility index (Phi) is 5.81. The maximum atomic E-state index is 11.9. The highest BCUT2D eigenvalue weighted by molar-refractivity contribution is 7.99. The Bertz CT molecular complexity index is 357. The predicted octanol–water partition coefficient (Wildman–Crippen LogP) is 2.34. The van der Waals surface area contributed by atoms with E-state index in [1.807, 2.05) is 17.1 Å². The smallest absolute Gasteiger partial charge is 0.261 e. The number of hydrogen-bond donors (Lipinski definition) is 1. The van der Waals surface area contributed by atoms with Gasteiger partial charge < -0.3 is 10.1 Å². The van der Waals surface area contributed by atoms with Crippen molar-refractivity contribution in [3.63, 3.8) is 0 Å². The highest BCUT2D eigenvalue weighted by atomic mass is 32.2. The van der Waals surface area contributed by atoms with E-state index in [1.54, 1.807) is 11.3 Å². The number of rotatable bonds is 6. The van der Waals surface area contributed by atoms with E-state index in [0.717, 1.165) is 28.8 Å². The van der Waals surface area contributed by atoms with Crippen molar-refractivity contribution in [3.8, 4) is 0 Å². The molecule has 1 saturated heterocycles. The van der Waals surface area contributed by atoms with Crippen molar-refractivity contribution in [2.24, 2.45) is 0 Å². The molecule has 2 heterocycles. The molecule has 3 nitrogen and oxygen atoms in total. The zero-order valence-corrected chi connectivity index (χ0v) is 11.5. The molecule has 0 bridgehead atoms. The Morgan fingerprint density at radius 3 is 3.17 bits per heavy atom. The Hall–Kier alpha value is -0.240. The lowest BCUT2D eigenvalue weighted by atomic mass is 10.2. The second-order valence-corrected chi connectivity index (χ2v) is 6.06. The number of thioether (sulfide) groups is 1. The van der Waals surface area contributed by atoms with Crippen molar-refractivity contribution in [1.82, 2.24) is 10.3 Å². The molecular formula is C11H16F2N2OS2. The molecule has 1 aliphatic rings. The highest BCUT2D eigenvalue weighted by Crippen LogP contribution is 2.23. The first-order valence-electron chi connectivity index (χ1n) is 5.87. The molecule has 18 heavy (non-hydrogen) atoms. The Morgan fingerprint density at radius 1 is 1.56 bits per heavy atom. The van der Waals surface area contributed by atoms with Gasteiger partial charge >= 0.3 is 0 Å². The van der Waals surface area contributed by atoms with Gasteiger partial charge in [0, 0.05) is 29.9 Å². The average molecular weight is 294 g/mol. The van der Waals surface area contributed by atoms with Crippen LogP contribution in [0.5, 0.6) is 0 Å². The Balaban J connectivity index is 1.75. The van der Waals surface area contributed by atoms with Crippen molar-refractivity contribution >= 4 is 23.1 Å². The molecule has 1 atom stereocenters. The lowest BCUT2D eigenvalue weighted by Crippen LogP contribution is -2.30. The van der Waals surface area contributed by atoms with E-state index in [-0.39, 0.29) is 0 Å². The van der Waals surface area contributed by atoms with E-state index in [9.17, 15) is 8.78 Å². The second-order valence-electron chi connectivity index (χ2n) is 3.96. The van der Waals surface area contributed by atoms with Crippen molar-refractivity contribution in [1.29, 1.82) is 0 Å². The molecule has 0 aromatic carbocycles. The van der Waals surface area contributed by atoms with Gasteiger partial charge in [-0.2, -0.15) is 11.8 Å². The monoisotopic (exact) mass is 294 g/mol. The van der Waals surface area contributed by atoms with Crippen LogP contribution in [-0.2, 0) is 11.2 Å². The summed E-state index contributed by atoms with van der Waals surface area (Å²) in [5.74, 6) is 2.19.